The molecule has 3 heterocycles. The number of esters is 1. The Hall–Kier alpha value is -4.08. The maximum absolute atomic E-state index is 15.5. The largest absolute Gasteiger partial charge is 0.490 e. The number of ether oxygens (including phenoxy) is 2. The van der Waals surface area contributed by atoms with Crippen molar-refractivity contribution < 1.29 is 44.7 Å². The molecule has 0 radical (unpaired) electrons. The van der Waals surface area contributed by atoms with E-state index in [2.05, 4.69) is 29.2 Å². The Labute approximate surface area is 230 Å². The van der Waals surface area contributed by atoms with Crippen LogP contribution in [-0.4, -0.2) is 61.6 Å². The van der Waals surface area contributed by atoms with E-state index in [1.807, 2.05) is 0 Å². The SMILES string of the molecule is [2H]C([2H])([2H])N=[S@]1(=O)C(OC(=O)C(F)(F)F)[C@@](C)(c2cc(-c3cc(-c4cnc(OC)cn4)no3)ccc2F)N=C(N)C1(C)C. The highest BCUT2D eigenvalue weighted by molar-refractivity contribution is 7.96. The van der Waals surface area contributed by atoms with Crippen LogP contribution in [0.5, 0.6) is 5.88 Å². The van der Waals surface area contributed by atoms with Crippen LogP contribution in [0.3, 0.4) is 0 Å². The van der Waals surface area contributed by atoms with Crippen molar-refractivity contribution in [3.05, 3.63) is 48.0 Å². The molecule has 0 saturated carbocycles. The second-order valence-electron chi connectivity index (χ2n) is 9.26. The van der Waals surface area contributed by atoms with Crippen LogP contribution < -0.4 is 10.5 Å². The fourth-order valence-corrected chi connectivity index (χ4v) is 6.24. The number of aromatic nitrogens is 3. The number of carbonyl (C=O) groups is 1. The molecule has 0 bridgehead atoms. The van der Waals surface area contributed by atoms with E-state index in [1.165, 1.54) is 31.6 Å². The lowest BCUT2D eigenvalue weighted by Gasteiger charge is -2.45. The van der Waals surface area contributed by atoms with E-state index in [9.17, 15) is 22.2 Å². The molecule has 214 valence electrons. The number of alkyl halides is 3. The van der Waals surface area contributed by atoms with E-state index >= 15 is 4.39 Å². The minimum absolute atomic E-state index is 0.0299. The number of nitrogens with two attached hydrogens (primary N) is 1. The zero-order valence-electron chi connectivity index (χ0n) is 24.3. The van der Waals surface area contributed by atoms with Gasteiger partial charge in [-0.25, -0.2) is 27.7 Å². The summed E-state index contributed by atoms with van der Waals surface area (Å²) in [7, 11) is -3.22. The summed E-state index contributed by atoms with van der Waals surface area (Å²) in [5.41, 5.74) is 1.07. The lowest BCUT2D eigenvalue weighted by atomic mass is 9.90. The van der Waals surface area contributed by atoms with E-state index in [0.29, 0.717) is 0 Å². The Morgan fingerprint density at radius 2 is 1.93 bits per heavy atom. The normalized spacial score (nSPS) is 25.6. The van der Waals surface area contributed by atoms with Gasteiger partial charge in [-0.15, -0.1) is 0 Å². The number of benzene rings is 1. The van der Waals surface area contributed by atoms with E-state index < -0.39 is 61.8 Å². The Morgan fingerprint density at radius 1 is 1.20 bits per heavy atom. The standard InChI is InChI=1S/C24H24F4N6O5S/c1-22(2)19(29)33-23(3,21(40(22,36)30-4)38-20(35)24(26,27)28)13-8-12(6-7-14(13)25)17-9-15(34-39-17)16-10-32-18(37-5)11-31-16/h6-11,21H,1-5H3,(H2,29,33)/t21?,23-,40+/m1/s1/i4D3. The van der Waals surface area contributed by atoms with Gasteiger partial charge in [0.2, 0.25) is 11.3 Å². The third kappa shape index (κ3) is 4.65. The second kappa shape index (κ2) is 9.83. The van der Waals surface area contributed by atoms with Crippen LogP contribution in [0.15, 0.2) is 50.5 Å². The minimum Gasteiger partial charge on any atom is -0.480 e. The van der Waals surface area contributed by atoms with Crippen molar-refractivity contribution in [3.8, 4) is 28.6 Å². The van der Waals surface area contributed by atoms with Crippen molar-refractivity contribution in [2.75, 3.05) is 14.1 Å². The number of hydrogen-bond donors (Lipinski definition) is 1. The molecule has 0 aliphatic carbocycles. The summed E-state index contributed by atoms with van der Waals surface area (Å²) in [6.07, 6.45) is -2.92. The highest BCUT2D eigenvalue weighted by atomic mass is 32.2. The maximum atomic E-state index is 15.5. The molecule has 1 aromatic carbocycles. The fraction of sp³-hybridized carbons (Fsp3) is 0.375. The Morgan fingerprint density at radius 3 is 2.52 bits per heavy atom. The predicted octanol–water partition coefficient (Wildman–Crippen LogP) is 3.84. The number of amidine groups is 1. The van der Waals surface area contributed by atoms with E-state index in [0.717, 1.165) is 32.9 Å². The second-order valence-corrected chi connectivity index (χ2v) is 12.0. The van der Waals surface area contributed by atoms with Gasteiger partial charge in [-0.2, -0.15) is 13.2 Å². The summed E-state index contributed by atoms with van der Waals surface area (Å²) in [5, 5.41) is 3.90. The van der Waals surface area contributed by atoms with Gasteiger partial charge in [-0.3, -0.25) is 4.99 Å². The molecule has 0 spiro atoms. The summed E-state index contributed by atoms with van der Waals surface area (Å²) in [6, 6.07) is 4.64. The first-order chi connectivity index (χ1) is 19.7. The number of aliphatic imine (C=N–C) groups is 1. The number of nitrogens with zero attached hydrogens (tertiary/aromatic N) is 5. The van der Waals surface area contributed by atoms with Crippen molar-refractivity contribution in [2.45, 2.75) is 42.7 Å². The van der Waals surface area contributed by atoms with E-state index in [4.69, 9.17) is 19.1 Å². The van der Waals surface area contributed by atoms with Crippen molar-refractivity contribution in [1.29, 1.82) is 0 Å². The van der Waals surface area contributed by atoms with Crippen molar-refractivity contribution >= 4 is 21.5 Å². The summed E-state index contributed by atoms with van der Waals surface area (Å²) >= 11 is 0. The first kappa shape index (κ1) is 24.9. The molecule has 11 nitrogen and oxygen atoms in total. The summed E-state index contributed by atoms with van der Waals surface area (Å²) in [4.78, 5) is 24.4. The molecule has 1 unspecified atom stereocenters. The summed E-state index contributed by atoms with van der Waals surface area (Å²) < 4.78 is 109. The number of hydrogen-bond acceptors (Lipinski definition) is 11. The van der Waals surface area contributed by atoms with Crippen molar-refractivity contribution in [3.63, 3.8) is 0 Å². The first-order valence-electron chi connectivity index (χ1n) is 12.8. The monoisotopic (exact) mass is 587 g/mol. The third-order valence-corrected chi connectivity index (χ3v) is 9.52. The molecule has 0 amide bonds. The van der Waals surface area contributed by atoms with Gasteiger partial charge < -0.3 is 19.7 Å². The molecule has 1 aliphatic rings. The van der Waals surface area contributed by atoms with Crippen LogP contribution in [0, 0.1) is 5.82 Å². The van der Waals surface area contributed by atoms with Gasteiger partial charge in [0.25, 0.3) is 0 Å². The smallest absolute Gasteiger partial charge is 0.480 e. The van der Waals surface area contributed by atoms with Crippen LogP contribution in [0.4, 0.5) is 17.6 Å². The topological polar surface area (TPSA) is 155 Å². The van der Waals surface area contributed by atoms with E-state index in [-0.39, 0.29) is 28.6 Å². The average molecular weight is 588 g/mol. The van der Waals surface area contributed by atoms with E-state index in [1.54, 1.807) is 0 Å². The van der Waals surface area contributed by atoms with Gasteiger partial charge >= 0.3 is 12.1 Å². The van der Waals surface area contributed by atoms with Crippen LogP contribution in [0.2, 0.25) is 0 Å². The van der Waals surface area contributed by atoms with Crippen molar-refractivity contribution in [1.82, 2.24) is 15.1 Å². The fourth-order valence-electron chi connectivity index (χ4n) is 4.01. The molecule has 3 atom stereocenters. The molecule has 2 aromatic heterocycles. The molecular weight excluding hydrogens is 560 g/mol. The zero-order chi connectivity index (χ0) is 32.2. The molecule has 40 heavy (non-hydrogen) atoms. The molecule has 0 fully saturated rings. The Bertz CT molecular complexity index is 1720. The molecule has 0 saturated heterocycles. The first-order valence-corrected chi connectivity index (χ1v) is 12.8. The van der Waals surface area contributed by atoms with Gasteiger partial charge in [0.1, 0.15) is 43.1 Å². The zero-order valence-corrected chi connectivity index (χ0v) is 22.1. The number of rotatable bonds is 5. The van der Waals surface area contributed by atoms with Crippen LogP contribution >= 0.6 is 0 Å². The molecule has 3 aromatic rings. The predicted molar refractivity (Wildman–Crippen MR) is 135 cm³/mol. The third-order valence-electron chi connectivity index (χ3n) is 6.44. The maximum Gasteiger partial charge on any atom is 0.490 e. The van der Waals surface area contributed by atoms with Crippen molar-refractivity contribution in [2.24, 2.45) is 15.1 Å². The highest BCUT2D eigenvalue weighted by Crippen LogP contribution is 2.46. The summed E-state index contributed by atoms with van der Waals surface area (Å²) in [6.45, 7) is -0.125. The van der Waals surface area contributed by atoms with Gasteiger partial charge in [-0.1, -0.05) is 5.16 Å². The molecule has 2 N–H and O–H groups in total. The number of halogens is 4. The van der Waals surface area contributed by atoms with Crippen LogP contribution in [-0.2, 0) is 24.8 Å². The number of carbonyl (C=O) groups excluding carboxylic acids is 1. The lowest BCUT2D eigenvalue weighted by Crippen LogP contribution is -2.61. The molecular formula is C24H24F4N6O5S. The van der Waals surface area contributed by atoms with Crippen LogP contribution in [0.1, 0.15) is 30.4 Å². The molecule has 1 aliphatic heterocycles. The van der Waals surface area contributed by atoms with Gasteiger partial charge in [0.15, 0.2) is 5.76 Å². The van der Waals surface area contributed by atoms with Gasteiger partial charge in [0, 0.05) is 28.3 Å². The molecule has 4 rings (SSSR count). The van der Waals surface area contributed by atoms with Crippen LogP contribution in [0.25, 0.3) is 22.7 Å². The Balaban J connectivity index is 1.93. The average Bonchev–Trinajstić information content (AvgIpc) is 3.39. The molecule has 16 heteroatoms. The van der Waals surface area contributed by atoms with Gasteiger partial charge in [-0.05, 0) is 39.0 Å². The Kier molecular flexibility index (Phi) is 6.13. The summed E-state index contributed by atoms with van der Waals surface area (Å²) in [5.74, 6) is -4.17. The quantitative estimate of drug-likeness (QED) is 0.346. The highest BCUT2D eigenvalue weighted by Gasteiger charge is 2.59. The van der Waals surface area contributed by atoms with Gasteiger partial charge in [0.05, 0.1) is 19.5 Å². The lowest BCUT2D eigenvalue weighted by molar-refractivity contribution is -0.203. The number of methoxy groups -OCH3 is 1. The minimum atomic E-state index is -5.60.